The highest BCUT2D eigenvalue weighted by atomic mass is 16.2. The van der Waals surface area contributed by atoms with Crippen molar-refractivity contribution in [2.75, 3.05) is 46.3 Å². The van der Waals surface area contributed by atoms with Gasteiger partial charge in [-0.05, 0) is 45.3 Å². The Labute approximate surface area is 118 Å². The van der Waals surface area contributed by atoms with Gasteiger partial charge in [0.05, 0.1) is 6.54 Å². The lowest BCUT2D eigenvalue weighted by Gasteiger charge is -2.34. The Kier molecular flexibility index (Phi) is 8.07. The monoisotopic (exact) mass is 269 g/mol. The summed E-state index contributed by atoms with van der Waals surface area (Å²) in [4.78, 5) is 16.3. The van der Waals surface area contributed by atoms with Crippen LogP contribution in [-0.2, 0) is 4.79 Å². The van der Waals surface area contributed by atoms with Gasteiger partial charge in [-0.1, -0.05) is 20.3 Å². The van der Waals surface area contributed by atoms with Crippen LogP contribution in [0.1, 0.15) is 39.5 Å². The minimum absolute atomic E-state index is 0.264. The first kappa shape index (κ1) is 16.4. The van der Waals surface area contributed by atoms with Crippen LogP contribution in [0.2, 0.25) is 0 Å². The van der Waals surface area contributed by atoms with Gasteiger partial charge in [-0.15, -0.1) is 0 Å². The summed E-state index contributed by atoms with van der Waals surface area (Å²) in [5, 5.41) is 3.11. The largest absolute Gasteiger partial charge is 0.342 e. The number of likely N-dealkylation sites (N-methyl/N-ethyl adjacent to an activating group) is 1. The lowest BCUT2D eigenvalue weighted by Crippen LogP contribution is -2.44. The van der Waals surface area contributed by atoms with Gasteiger partial charge in [0.1, 0.15) is 0 Å². The molecule has 1 aliphatic heterocycles. The molecular formula is C15H31N3O. The topological polar surface area (TPSA) is 35.6 Å². The van der Waals surface area contributed by atoms with Gasteiger partial charge in [0.25, 0.3) is 0 Å². The Morgan fingerprint density at radius 2 is 2.00 bits per heavy atom. The van der Waals surface area contributed by atoms with Gasteiger partial charge in [-0.3, -0.25) is 4.79 Å². The first-order valence-corrected chi connectivity index (χ1v) is 7.84. The number of hydrogen-bond acceptors (Lipinski definition) is 3. The van der Waals surface area contributed by atoms with Crippen molar-refractivity contribution in [1.82, 2.24) is 15.1 Å². The van der Waals surface area contributed by atoms with Crippen LogP contribution in [0.15, 0.2) is 0 Å². The number of nitrogens with one attached hydrogen (secondary N) is 1. The molecule has 0 aromatic rings. The number of nitrogens with zero attached hydrogens (tertiary/aromatic N) is 2. The molecule has 1 N–H and O–H groups in total. The van der Waals surface area contributed by atoms with Gasteiger partial charge in [-0.25, -0.2) is 0 Å². The van der Waals surface area contributed by atoms with Gasteiger partial charge in [-0.2, -0.15) is 0 Å². The molecule has 1 rings (SSSR count). The van der Waals surface area contributed by atoms with Gasteiger partial charge in [0.2, 0.25) is 5.91 Å². The minimum Gasteiger partial charge on any atom is -0.342 e. The fraction of sp³-hybridized carbons (Fsp3) is 0.933. The minimum atomic E-state index is 0.264. The third-order valence-electron chi connectivity index (χ3n) is 3.96. The van der Waals surface area contributed by atoms with E-state index in [1.165, 1.54) is 25.9 Å². The Balaban J connectivity index is 2.19. The molecule has 0 atom stereocenters. The Hall–Kier alpha value is -0.610. The summed E-state index contributed by atoms with van der Waals surface area (Å²) >= 11 is 0. The summed E-state index contributed by atoms with van der Waals surface area (Å²) in [6.07, 6.45) is 4.88. The molecule has 0 spiro atoms. The van der Waals surface area contributed by atoms with Gasteiger partial charge in [0.15, 0.2) is 0 Å². The number of unbranched alkanes of at least 4 members (excludes halogenated alkanes) is 1. The Morgan fingerprint density at radius 3 is 2.58 bits per heavy atom. The van der Waals surface area contributed by atoms with Crippen LogP contribution in [0.5, 0.6) is 0 Å². The van der Waals surface area contributed by atoms with Crippen LogP contribution in [0, 0.1) is 5.92 Å². The van der Waals surface area contributed by atoms with Crippen molar-refractivity contribution in [2.45, 2.75) is 39.5 Å². The van der Waals surface area contributed by atoms with E-state index in [1.54, 1.807) is 0 Å². The van der Waals surface area contributed by atoms with Crippen molar-refractivity contribution in [3.63, 3.8) is 0 Å². The highest BCUT2D eigenvalue weighted by Gasteiger charge is 2.22. The number of likely N-dealkylation sites (tertiary alicyclic amines) is 1. The number of hydrogen-bond donors (Lipinski definition) is 1. The zero-order valence-electron chi connectivity index (χ0n) is 13.0. The molecule has 0 saturated carbocycles. The summed E-state index contributed by atoms with van der Waals surface area (Å²) in [6.45, 7) is 9.91. The van der Waals surface area contributed by atoms with Crippen LogP contribution in [0.3, 0.4) is 0 Å². The van der Waals surface area contributed by atoms with E-state index in [-0.39, 0.29) is 5.91 Å². The summed E-state index contributed by atoms with van der Waals surface area (Å²) in [6, 6.07) is 0. The smallest absolute Gasteiger partial charge is 0.236 e. The molecule has 0 aromatic carbocycles. The summed E-state index contributed by atoms with van der Waals surface area (Å²) in [5.74, 6) is 1.03. The molecule has 0 bridgehead atoms. The Bertz CT molecular complexity index is 250. The van der Waals surface area contributed by atoms with Gasteiger partial charge < -0.3 is 15.1 Å². The molecule has 1 amide bonds. The van der Waals surface area contributed by atoms with Crippen molar-refractivity contribution in [2.24, 2.45) is 5.92 Å². The highest BCUT2D eigenvalue weighted by Crippen LogP contribution is 2.18. The van der Waals surface area contributed by atoms with Crippen LogP contribution in [-0.4, -0.2) is 62.0 Å². The molecule has 4 nitrogen and oxygen atoms in total. The first-order chi connectivity index (χ1) is 9.17. The summed E-state index contributed by atoms with van der Waals surface area (Å²) < 4.78 is 0. The normalized spacial score (nSPS) is 17.2. The number of piperidine rings is 1. The van der Waals surface area contributed by atoms with E-state index in [1.807, 2.05) is 11.8 Å². The molecule has 0 radical (unpaired) electrons. The number of rotatable bonds is 8. The molecule has 112 valence electrons. The third kappa shape index (κ3) is 6.39. The maximum atomic E-state index is 11.9. The SMILES string of the molecule is CCCCN(C)CC1CCN(C(=O)CNCC)CC1. The van der Waals surface area contributed by atoms with E-state index in [2.05, 4.69) is 24.2 Å². The average Bonchev–Trinajstić information content (AvgIpc) is 2.43. The molecule has 1 heterocycles. The number of carbonyl (C=O) groups excluding carboxylic acids is 1. The molecule has 0 aromatic heterocycles. The van der Waals surface area contributed by atoms with Crippen LogP contribution in [0.25, 0.3) is 0 Å². The van der Waals surface area contributed by atoms with Crippen molar-refractivity contribution in [1.29, 1.82) is 0 Å². The van der Waals surface area contributed by atoms with E-state index in [0.29, 0.717) is 6.54 Å². The molecule has 4 heteroatoms. The van der Waals surface area contributed by atoms with E-state index in [4.69, 9.17) is 0 Å². The van der Waals surface area contributed by atoms with Gasteiger partial charge >= 0.3 is 0 Å². The first-order valence-electron chi connectivity index (χ1n) is 7.84. The zero-order valence-corrected chi connectivity index (χ0v) is 13.0. The second-order valence-electron chi connectivity index (χ2n) is 5.72. The van der Waals surface area contributed by atoms with Crippen molar-refractivity contribution < 1.29 is 4.79 Å². The molecule has 1 fully saturated rings. The summed E-state index contributed by atoms with van der Waals surface area (Å²) in [5.41, 5.74) is 0. The van der Waals surface area contributed by atoms with Crippen LogP contribution in [0.4, 0.5) is 0 Å². The predicted molar refractivity (Wildman–Crippen MR) is 80.3 cm³/mol. The maximum Gasteiger partial charge on any atom is 0.236 e. The van der Waals surface area contributed by atoms with E-state index >= 15 is 0 Å². The molecular weight excluding hydrogens is 238 g/mol. The second-order valence-corrected chi connectivity index (χ2v) is 5.72. The van der Waals surface area contributed by atoms with Gasteiger partial charge in [0, 0.05) is 19.6 Å². The van der Waals surface area contributed by atoms with Crippen LogP contribution < -0.4 is 5.32 Å². The molecule has 0 unspecified atom stereocenters. The highest BCUT2D eigenvalue weighted by molar-refractivity contribution is 5.78. The zero-order chi connectivity index (χ0) is 14.1. The van der Waals surface area contributed by atoms with E-state index < -0.39 is 0 Å². The predicted octanol–water partition coefficient (Wildman–Crippen LogP) is 1.57. The molecule has 0 aliphatic carbocycles. The standard InChI is InChI=1S/C15H31N3O/c1-4-6-9-17(3)13-14-7-10-18(11-8-14)15(19)12-16-5-2/h14,16H,4-13H2,1-3H3. The average molecular weight is 269 g/mol. The lowest BCUT2D eigenvalue weighted by molar-refractivity contribution is -0.131. The fourth-order valence-corrected chi connectivity index (χ4v) is 2.67. The van der Waals surface area contributed by atoms with E-state index in [0.717, 1.165) is 38.4 Å². The lowest BCUT2D eigenvalue weighted by atomic mass is 9.96. The van der Waals surface area contributed by atoms with Crippen molar-refractivity contribution >= 4 is 5.91 Å². The quantitative estimate of drug-likeness (QED) is 0.726. The van der Waals surface area contributed by atoms with Crippen molar-refractivity contribution in [3.05, 3.63) is 0 Å². The third-order valence-corrected chi connectivity index (χ3v) is 3.96. The molecule has 1 saturated heterocycles. The molecule has 19 heavy (non-hydrogen) atoms. The fourth-order valence-electron chi connectivity index (χ4n) is 2.67. The van der Waals surface area contributed by atoms with E-state index in [9.17, 15) is 4.79 Å². The molecule has 1 aliphatic rings. The number of carbonyl (C=O) groups is 1. The maximum absolute atomic E-state index is 11.9. The Morgan fingerprint density at radius 1 is 1.32 bits per heavy atom. The number of amides is 1. The van der Waals surface area contributed by atoms with Crippen molar-refractivity contribution in [3.8, 4) is 0 Å². The summed E-state index contributed by atoms with van der Waals surface area (Å²) in [7, 11) is 2.22. The second kappa shape index (κ2) is 9.32. The van der Waals surface area contributed by atoms with Crippen LogP contribution >= 0.6 is 0 Å².